The first-order chi connectivity index (χ1) is 16.1. The summed E-state index contributed by atoms with van der Waals surface area (Å²) in [6, 6.07) is 12.7. The minimum absolute atomic E-state index is 0.00313. The van der Waals surface area contributed by atoms with E-state index in [9.17, 15) is 9.59 Å². The highest BCUT2D eigenvalue weighted by Gasteiger charge is 2.36. The highest BCUT2D eigenvalue weighted by molar-refractivity contribution is 5.94. The smallest absolute Gasteiger partial charge is 0.290 e. The van der Waals surface area contributed by atoms with Gasteiger partial charge in [-0.05, 0) is 61.2 Å². The Hall–Kier alpha value is -3.68. The van der Waals surface area contributed by atoms with Crippen molar-refractivity contribution in [2.75, 3.05) is 27.3 Å². The standard InChI is InChI=1S/C25H28N2O6/c1-30-21-10-7-18(15-23(21)31-2)11-12-26(16-20-5-3-13-32-20)24(28)17-27(19-8-9-19)25(29)22-6-4-14-33-22/h3-7,10,13-15,19H,8-9,11-12,16-17H2,1-2H3. The molecular formula is C25H28N2O6. The zero-order valence-corrected chi connectivity index (χ0v) is 18.9. The predicted molar refractivity (Wildman–Crippen MR) is 120 cm³/mol. The molecule has 174 valence electrons. The average molecular weight is 453 g/mol. The van der Waals surface area contributed by atoms with Gasteiger partial charge in [0, 0.05) is 12.6 Å². The number of rotatable bonds is 11. The van der Waals surface area contributed by atoms with Crippen LogP contribution in [0.3, 0.4) is 0 Å². The molecule has 1 aliphatic carbocycles. The quantitative estimate of drug-likeness (QED) is 0.440. The van der Waals surface area contributed by atoms with Crippen molar-refractivity contribution in [3.8, 4) is 11.5 Å². The molecule has 33 heavy (non-hydrogen) atoms. The van der Waals surface area contributed by atoms with E-state index in [0.717, 1.165) is 18.4 Å². The van der Waals surface area contributed by atoms with Crippen LogP contribution in [0.2, 0.25) is 0 Å². The van der Waals surface area contributed by atoms with Crippen LogP contribution in [0.5, 0.6) is 11.5 Å². The Balaban J connectivity index is 1.47. The molecule has 8 nitrogen and oxygen atoms in total. The maximum atomic E-state index is 13.3. The fraction of sp³-hybridized carbons (Fsp3) is 0.360. The Morgan fingerprint density at radius 1 is 1.00 bits per heavy atom. The molecule has 8 heteroatoms. The first kappa shape index (κ1) is 22.5. The third-order valence-electron chi connectivity index (χ3n) is 5.68. The maximum Gasteiger partial charge on any atom is 0.290 e. The van der Waals surface area contributed by atoms with Gasteiger partial charge in [-0.25, -0.2) is 0 Å². The van der Waals surface area contributed by atoms with E-state index in [1.165, 1.54) is 6.26 Å². The number of carbonyl (C=O) groups is 2. The summed E-state index contributed by atoms with van der Waals surface area (Å²) in [6.45, 7) is 0.784. The number of methoxy groups -OCH3 is 2. The lowest BCUT2D eigenvalue weighted by Crippen LogP contribution is -2.44. The van der Waals surface area contributed by atoms with Crippen molar-refractivity contribution in [2.24, 2.45) is 0 Å². The van der Waals surface area contributed by atoms with Crippen LogP contribution >= 0.6 is 0 Å². The number of nitrogens with zero attached hydrogens (tertiary/aromatic N) is 2. The average Bonchev–Trinajstić information content (AvgIpc) is 3.28. The lowest BCUT2D eigenvalue weighted by Gasteiger charge is -2.27. The van der Waals surface area contributed by atoms with E-state index in [4.69, 9.17) is 18.3 Å². The normalized spacial score (nSPS) is 12.9. The lowest BCUT2D eigenvalue weighted by atomic mass is 10.1. The van der Waals surface area contributed by atoms with Gasteiger partial charge in [0.1, 0.15) is 12.3 Å². The molecular weight excluding hydrogens is 424 g/mol. The van der Waals surface area contributed by atoms with E-state index in [0.29, 0.717) is 36.8 Å². The molecule has 0 aliphatic heterocycles. The highest BCUT2D eigenvalue weighted by Crippen LogP contribution is 2.29. The van der Waals surface area contributed by atoms with Gasteiger partial charge in [-0.2, -0.15) is 0 Å². The molecule has 1 aliphatic rings. The van der Waals surface area contributed by atoms with Crippen LogP contribution in [-0.4, -0.2) is 55.0 Å². The second kappa shape index (κ2) is 10.3. The molecule has 1 fully saturated rings. The Labute approximate surface area is 192 Å². The van der Waals surface area contributed by atoms with Gasteiger partial charge in [-0.15, -0.1) is 0 Å². The van der Waals surface area contributed by atoms with E-state index in [2.05, 4.69) is 0 Å². The molecule has 1 saturated carbocycles. The molecule has 0 spiro atoms. The number of carbonyl (C=O) groups excluding carboxylic acids is 2. The van der Waals surface area contributed by atoms with Crippen molar-refractivity contribution < 1.29 is 27.9 Å². The molecule has 0 atom stereocenters. The van der Waals surface area contributed by atoms with Crippen LogP contribution in [0.4, 0.5) is 0 Å². The summed E-state index contributed by atoms with van der Waals surface area (Å²) in [6.07, 6.45) is 5.45. The van der Waals surface area contributed by atoms with Gasteiger partial charge in [0.05, 0.1) is 33.3 Å². The number of furan rings is 2. The Morgan fingerprint density at radius 2 is 1.76 bits per heavy atom. The summed E-state index contributed by atoms with van der Waals surface area (Å²) in [5, 5.41) is 0. The van der Waals surface area contributed by atoms with Crippen molar-refractivity contribution in [1.82, 2.24) is 9.80 Å². The largest absolute Gasteiger partial charge is 0.493 e. The Bertz CT molecular complexity index is 1060. The fourth-order valence-corrected chi connectivity index (χ4v) is 3.72. The van der Waals surface area contributed by atoms with E-state index >= 15 is 0 Å². The van der Waals surface area contributed by atoms with Gasteiger partial charge in [-0.1, -0.05) is 6.07 Å². The van der Waals surface area contributed by atoms with Crippen LogP contribution in [0.15, 0.2) is 63.8 Å². The molecule has 4 rings (SSSR count). The van der Waals surface area contributed by atoms with Gasteiger partial charge < -0.3 is 28.1 Å². The summed E-state index contributed by atoms with van der Waals surface area (Å²) in [5.74, 6) is 1.83. The SMILES string of the molecule is COc1ccc(CCN(Cc2ccco2)C(=O)CN(C(=O)c2ccco2)C2CC2)cc1OC. The molecule has 2 aromatic heterocycles. The third-order valence-corrected chi connectivity index (χ3v) is 5.68. The lowest BCUT2D eigenvalue weighted by molar-refractivity contribution is -0.132. The Kier molecular flexibility index (Phi) is 7.02. The number of benzene rings is 1. The maximum absolute atomic E-state index is 13.3. The highest BCUT2D eigenvalue weighted by atomic mass is 16.5. The van der Waals surface area contributed by atoms with Gasteiger partial charge in [0.2, 0.25) is 5.91 Å². The van der Waals surface area contributed by atoms with E-state index in [1.807, 2.05) is 24.3 Å². The molecule has 0 N–H and O–H groups in total. The minimum Gasteiger partial charge on any atom is -0.493 e. The molecule has 1 aromatic carbocycles. The van der Waals surface area contributed by atoms with E-state index in [1.54, 1.807) is 48.5 Å². The summed E-state index contributed by atoms with van der Waals surface area (Å²) in [4.78, 5) is 29.6. The van der Waals surface area contributed by atoms with Gasteiger partial charge in [-0.3, -0.25) is 9.59 Å². The molecule has 0 radical (unpaired) electrons. The second-order valence-electron chi connectivity index (χ2n) is 7.98. The summed E-state index contributed by atoms with van der Waals surface area (Å²) in [5.41, 5.74) is 1.01. The molecule has 0 unspecified atom stereocenters. The molecule has 2 amide bonds. The monoisotopic (exact) mass is 452 g/mol. The summed E-state index contributed by atoms with van der Waals surface area (Å²) >= 11 is 0. The zero-order valence-electron chi connectivity index (χ0n) is 18.9. The second-order valence-corrected chi connectivity index (χ2v) is 7.98. The number of hydrogen-bond donors (Lipinski definition) is 0. The first-order valence-electron chi connectivity index (χ1n) is 10.9. The molecule has 0 saturated heterocycles. The van der Waals surface area contributed by atoms with Crippen molar-refractivity contribution in [1.29, 1.82) is 0 Å². The zero-order chi connectivity index (χ0) is 23.2. The topological polar surface area (TPSA) is 85.4 Å². The molecule has 3 aromatic rings. The predicted octanol–water partition coefficient (Wildman–Crippen LogP) is 3.77. The van der Waals surface area contributed by atoms with E-state index in [-0.39, 0.29) is 30.2 Å². The number of amides is 2. The van der Waals surface area contributed by atoms with Gasteiger partial charge in [0.15, 0.2) is 17.3 Å². The number of ether oxygens (including phenoxy) is 2. The number of hydrogen-bond acceptors (Lipinski definition) is 6. The summed E-state index contributed by atoms with van der Waals surface area (Å²) in [7, 11) is 3.19. The van der Waals surface area contributed by atoms with Gasteiger partial charge in [0.25, 0.3) is 5.91 Å². The van der Waals surface area contributed by atoms with Gasteiger partial charge >= 0.3 is 0 Å². The van der Waals surface area contributed by atoms with Crippen LogP contribution in [0.1, 0.15) is 34.7 Å². The molecule has 2 heterocycles. The van der Waals surface area contributed by atoms with Crippen molar-refractivity contribution in [3.63, 3.8) is 0 Å². The Morgan fingerprint density at radius 3 is 2.39 bits per heavy atom. The van der Waals surface area contributed by atoms with Crippen LogP contribution in [0, 0.1) is 0 Å². The van der Waals surface area contributed by atoms with Crippen LogP contribution < -0.4 is 9.47 Å². The summed E-state index contributed by atoms with van der Waals surface area (Å²) < 4.78 is 21.4. The van der Waals surface area contributed by atoms with Crippen LogP contribution in [-0.2, 0) is 17.8 Å². The fourth-order valence-electron chi connectivity index (χ4n) is 3.72. The first-order valence-corrected chi connectivity index (χ1v) is 10.9. The van der Waals surface area contributed by atoms with E-state index < -0.39 is 0 Å². The minimum atomic E-state index is -0.256. The third kappa shape index (κ3) is 5.58. The molecule has 0 bridgehead atoms. The van der Waals surface area contributed by atoms with Crippen molar-refractivity contribution in [2.45, 2.75) is 31.8 Å². The van der Waals surface area contributed by atoms with Crippen molar-refractivity contribution >= 4 is 11.8 Å². The van der Waals surface area contributed by atoms with Crippen molar-refractivity contribution in [3.05, 3.63) is 72.1 Å². The van der Waals surface area contributed by atoms with Crippen LogP contribution in [0.25, 0.3) is 0 Å².